The summed E-state index contributed by atoms with van der Waals surface area (Å²) in [6.07, 6.45) is 1.10. The van der Waals surface area contributed by atoms with Crippen molar-refractivity contribution >= 4 is 21.6 Å². The number of nitrogen functional groups attached to an aromatic ring is 1. The second kappa shape index (κ2) is 4.89. The van der Waals surface area contributed by atoms with Crippen LogP contribution in [0.25, 0.3) is 0 Å². The van der Waals surface area contributed by atoms with Crippen molar-refractivity contribution < 1.29 is 4.74 Å². The Bertz CT molecular complexity index is 601. The van der Waals surface area contributed by atoms with Crippen LogP contribution in [0, 0.1) is 6.92 Å². The molecule has 2 aromatic rings. The van der Waals surface area contributed by atoms with Gasteiger partial charge in [-0.1, -0.05) is 40.2 Å². The maximum Gasteiger partial charge on any atom is 0.145 e. The molecule has 0 radical (unpaired) electrons. The fourth-order valence-corrected chi connectivity index (χ4v) is 3.24. The van der Waals surface area contributed by atoms with Crippen molar-refractivity contribution in [3.63, 3.8) is 0 Å². The molecular weight excluding hydrogens is 302 g/mol. The fraction of sp³-hybridized carbons (Fsp3) is 0.250. The molecule has 0 spiro atoms. The Morgan fingerprint density at radius 1 is 1.32 bits per heavy atom. The summed E-state index contributed by atoms with van der Waals surface area (Å²) in [4.78, 5) is 0. The fourth-order valence-electron chi connectivity index (χ4n) is 2.65. The molecule has 2 N–H and O–H groups in total. The Balaban J connectivity index is 1.72. The van der Waals surface area contributed by atoms with Crippen molar-refractivity contribution in [2.75, 3.05) is 12.3 Å². The number of nitrogens with two attached hydrogens (primary N) is 1. The minimum atomic E-state index is 0.499. The van der Waals surface area contributed by atoms with Crippen LogP contribution in [0.3, 0.4) is 0 Å². The van der Waals surface area contributed by atoms with Gasteiger partial charge in [0, 0.05) is 10.4 Å². The standard InChI is InChI=1S/C16H16BrNO/c1-10-6-13(17)8-15(18)16(10)19-9-12-7-11-4-2-3-5-14(11)12/h2-6,8,12H,7,9,18H2,1H3. The summed E-state index contributed by atoms with van der Waals surface area (Å²) < 4.78 is 6.93. The Morgan fingerprint density at radius 3 is 2.84 bits per heavy atom. The molecule has 0 aromatic heterocycles. The predicted molar refractivity (Wildman–Crippen MR) is 81.7 cm³/mol. The van der Waals surface area contributed by atoms with Gasteiger partial charge in [0.2, 0.25) is 0 Å². The lowest BCUT2D eigenvalue weighted by Gasteiger charge is -2.30. The minimum Gasteiger partial charge on any atom is -0.491 e. The number of aryl methyl sites for hydroxylation is 1. The van der Waals surface area contributed by atoms with Gasteiger partial charge in [-0.15, -0.1) is 0 Å². The van der Waals surface area contributed by atoms with Crippen LogP contribution in [0.1, 0.15) is 22.6 Å². The average molecular weight is 318 g/mol. The number of ether oxygens (including phenoxy) is 1. The molecular formula is C16H16BrNO. The lowest BCUT2D eigenvalue weighted by Crippen LogP contribution is -2.23. The van der Waals surface area contributed by atoms with Gasteiger partial charge in [-0.3, -0.25) is 0 Å². The van der Waals surface area contributed by atoms with Crippen molar-refractivity contribution in [3.8, 4) is 5.75 Å². The molecule has 3 rings (SSSR count). The van der Waals surface area contributed by atoms with E-state index in [1.54, 1.807) is 0 Å². The molecule has 0 amide bonds. The summed E-state index contributed by atoms with van der Waals surface area (Å²) >= 11 is 3.44. The van der Waals surface area contributed by atoms with E-state index in [1.165, 1.54) is 11.1 Å². The summed E-state index contributed by atoms with van der Waals surface area (Å²) in [5.41, 5.74) is 10.6. The van der Waals surface area contributed by atoms with Crippen molar-refractivity contribution in [3.05, 3.63) is 57.6 Å². The van der Waals surface area contributed by atoms with E-state index in [9.17, 15) is 0 Å². The van der Waals surface area contributed by atoms with Gasteiger partial charge >= 0.3 is 0 Å². The second-order valence-electron chi connectivity index (χ2n) is 5.05. The highest BCUT2D eigenvalue weighted by Crippen LogP contribution is 2.37. The number of fused-ring (bicyclic) bond motifs is 1. The summed E-state index contributed by atoms with van der Waals surface area (Å²) in [7, 11) is 0. The van der Waals surface area contributed by atoms with E-state index >= 15 is 0 Å². The molecule has 2 nitrogen and oxygen atoms in total. The van der Waals surface area contributed by atoms with E-state index in [4.69, 9.17) is 10.5 Å². The van der Waals surface area contributed by atoms with E-state index < -0.39 is 0 Å². The lowest BCUT2D eigenvalue weighted by molar-refractivity contribution is 0.275. The average Bonchev–Trinajstić information content (AvgIpc) is 2.33. The number of benzene rings is 2. The van der Waals surface area contributed by atoms with Gasteiger partial charge in [-0.05, 0) is 42.2 Å². The SMILES string of the molecule is Cc1cc(Br)cc(N)c1OCC1Cc2ccccc21. The third kappa shape index (κ3) is 2.35. The molecule has 1 atom stereocenters. The maximum absolute atomic E-state index is 6.01. The molecule has 0 saturated heterocycles. The van der Waals surface area contributed by atoms with Crippen LogP contribution in [-0.2, 0) is 6.42 Å². The molecule has 1 aliphatic rings. The van der Waals surface area contributed by atoms with E-state index in [2.05, 4.69) is 40.2 Å². The van der Waals surface area contributed by atoms with Crippen molar-refractivity contribution in [2.24, 2.45) is 0 Å². The number of anilines is 1. The first-order valence-electron chi connectivity index (χ1n) is 6.41. The van der Waals surface area contributed by atoms with Crippen LogP contribution in [0.2, 0.25) is 0 Å². The molecule has 19 heavy (non-hydrogen) atoms. The lowest BCUT2D eigenvalue weighted by atomic mass is 9.78. The highest BCUT2D eigenvalue weighted by molar-refractivity contribution is 9.10. The van der Waals surface area contributed by atoms with Crippen LogP contribution in [-0.4, -0.2) is 6.61 Å². The summed E-state index contributed by atoms with van der Waals surface area (Å²) in [6, 6.07) is 12.5. The van der Waals surface area contributed by atoms with Gasteiger partial charge in [-0.2, -0.15) is 0 Å². The quantitative estimate of drug-likeness (QED) is 0.866. The highest BCUT2D eigenvalue weighted by Gasteiger charge is 2.26. The normalized spacial score (nSPS) is 16.6. The number of rotatable bonds is 3. The van der Waals surface area contributed by atoms with Crippen LogP contribution < -0.4 is 10.5 Å². The molecule has 98 valence electrons. The van der Waals surface area contributed by atoms with Gasteiger partial charge in [0.25, 0.3) is 0 Å². The smallest absolute Gasteiger partial charge is 0.145 e. The van der Waals surface area contributed by atoms with E-state index in [0.717, 1.165) is 22.2 Å². The van der Waals surface area contributed by atoms with Gasteiger partial charge in [0.15, 0.2) is 0 Å². The topological polar surface area (TPSA) is 35.2 Å². The number of hydrogen-bond acceptors (Lipinski definition) is 2. The monoisotopic (exact) mass is 317 g/mol. The van der Waals surface area contributed by atoms with Gasteiger partial charge < -0.3 is 10.5 Å². The Kier molecular flexibility index (Phi) is 3.23. The molecule has 2 aromatic carbocycles. The summed E-state index contributed by atoms with van der Waals surface area (Å²) in [5, 5.41) is 0. The summed E-state index contributed by atoms with van der Waals surface area (Å²) in [6.45, 7) is 2.72. The number of hydrogen-bond donors (Lipinski definition) is 1. The molecule has 1 unspecified atom stereocenters. The molecule has 0 fully saturated rings. The molecule has 0 heterocycles. The van der Waals surface area contributed by atoms with Crippen molar-refractivity contribution in [2.45, 2.75) is 19.3 Å². The third-order valence-corrected chi connectivity index (χ3v) is 4.12. The molecule has 3 heteroatoms. The Hall–Kier alpha value is -1.48. The first-order valence-corrected chi connectivity index (χ1v) is 7.20. The van der Waals surface area contributed by atoms with Crippen LogP contribution in [0.4, 0.5) is 5.69 Å². The highest BCUT2D eigenvalue weighted by atomic mass is 79.9. The third-order valence-electron chi connectivity index (χ3n) is 3.66. The second-order valence-corrected chi connectivity index (χ2v) is 5.97. The van der Waals surface area contributed by atoms with Crippen LogP contribution in [0.15, 0.2) is 40.9 Å². The minimum absolute atomic E-state index is 0.499. The van der Waals surface area contributed by atoms with Gasteiger partial charge in [0.1, 0.15) is 5.75 Å². The van der Waals surface area contributed by atoms with Crippen LogP contribution in [0.5, 0.6) is 5.75 Å². The Morgan fingerprint density at radius 2 is 2.11 bits per heavy atom. The van der Waals surface area contributed by atoms with Crippen molar-refractivity contribution in [1.82, 2.24) is 0 Å². The van der Waals surface area contributed by atoms with E-state index in [0.29, 0.717) is 18.2 Å². The zero-order valence-corrected chi connectivity index (χ0v) is 12.4. The largest absolute Gasteiger partial charge is 0.491 e. The summed E-state index contributed by atoms with van der Waals surface area (Å²) in [5.74, 6) is 1.31. The molecule has 0 bridgehead atoms. The molecule has 0 saturated carbocycles. The van der Waals surface area contributed by atoms with Gasteiger partial charge in [-0.25, -0.2) is 0 Å². The van der Waals surface area contributed by atoms with Crippen LogP contribution >= 0.6 is 15.9 Å². The zero-order chi connectivity index (χ0) is 13.4. The van der Waals surface area contributed by atoms with E-state index in [-0.39, 0.29) is 0 Å². The maximum atomic E-state index is 6.01. The molecule has 1 aliphatic carbocycles. The first kappa shape index (κ1) is 12.5. The van der Waals surface area contributed by atoms with E-state index in [1.807, 2.05) is 19.1 Å². The zero-order valence-electron chi connectivity index (χ0n) is 10.8. The Labute approximate surface area is 121 Å². The first-order chi connectivity index (χ1) is 9.15. The van der Waals surface area contributed by atoms with Gasteiger partial charge in [0.05, 0.1) is 12.3 Å². The molecule has 0 aliphatic heterocycles. The number of halogens is 1. The predicted octanol–water partition coefficient (Wildman–Crippen LogP) is 4.06. The van der Waals surface area contributed by atoms with Crippen molar-refractivity contribution in [1.29, 1.82) is 0 Å².